The van der Waals surface area contributed by atoms with Crippen LogP contribution >= 0.6 is 11.8 Å². The molecule has 0 bridgehead atoms. The standard InChI is InChI=1S/C14H18N4OS/c1-14(2,19)9-20-13-17-16-12(18(13)11-5-6-11)10-4-3-7-15-8-10/h3-4,7-8,11,19H,5-6,9H2,1-2H3. The molecule has 0 spiro atoms. The molecule has 1 saturated carbocycles. The van der Waals surface area contributed by atoms with Crippen LogP contribution in [0.25, 0.3) is 11.4 Å². The Labute approximate surface area is 122 Å². The number of rotatable bonds is 5. The Bertz CT molecular complexity index is 587. The van der Waals surface area contributed by atoms with Crippen molar-refractivity contribution in [3.8, 4) is 11.4 Å². The normalized spacial score (nSPS) is 15.6. The first-order chi connectivity index (χ1) is 9.54. The Kier molecular flexibility index (Phi) is 3.52. The van der Waals surface area contributed by atoms with Crippen molar-refractivity contribution in [2.75, 3.05) is 5.75 Å². The Morgan fingerprint density at radius 3 is 2.80 bits per heavy atom. The van der Waals surface area contributed by atoms with Crippen LogP contribution in [-0.2, 0) is 0 Å². The SMILES string of the molecule is CC(C)(O)CSc1nnc(-c2cccnc2)n1C1CC1. The molecule has 2 aromatic rings. The zero-order chi connectivity index (χ0) is 14.2. The van der Waals surface area contributed by atoms with Crippen LogP contribution < -0.4 is 0 Å². The van der Waals surface area contributed by atoms with Gasteiger partial charge < -0.3 is 5.11 Å². The van der Waals surface area contributed by atoms with Crippen molar-refractivity contribution in [3.63, 3.8) is 0 Å². The highest BCUT2D eigenvalue weighted by Crippen LogP contribution is 2.41. The molecule has 1 fully saturated rings. The van der Waals surface area contributed by atoms with Gasteiger partial charge in [-0.1, -0.05) is 11.8 Å². The maximum atomic E-state index is 9.86. The highest BCUT2D eigenvalue weighted by Gasteiger charge is 2.30. The third-order valence-corrected chi connectivity index (χ3v) is 4.44. The first kappa shape index (κ1) is 13.6. The fourth-order valence-electron chi connectivity index (χ4n) is 1.97. The minimum absolute atomic E-state index is 0.490. The molecule has 5 nitrogen and oxygen atoms in total. The van der Waals surface area contributed by atoms with Gasteiger partial charge in [-0.15, -0.1) is 10.2 Å². The molecule has 2 aromatic heterocycles. The molecular formula is C14H18N4OS. The van der Waals surface area contributed by atoms with E-state index < -0.39 is 5.60 Å². The van der Waals surface area contributed by atoms with E-state index in [2.05, 4.69) is 19.7 Å². The molecular weight excluding hydrogens is 272 g/mol. The molecule has 1 aliphatic rings. The average molecular weight is 290 g/mol. The fourth-order valence-corrected chi connectivity index (χ4v) is 2.93. The minimum atomic E-state index is -0.709. The van der Waals surface area contributed by atoms with Gasteiger partial charge in [-0.3, -0.25) is 9.55 Å². The lowest BCUT2D eigenvalue weighted by molar-refractivity contribution is 0.107. The summed E-state index contributed by atoms with van der Waals surface area (Å²) in [6.07, 6.45) is 5.90. The topological polar surface area (TPSA) is 63.8 Å². The summed E-state index contributed by atoms with van der Waals surface area (Å²) in [6, 6.07) is 4.40. The van der Waals surface area contributed by atoms with E-state index in [1.807, 2.05) is 18.3 Å². The van der Waals surface area contributed by atoms with Crippen LogP contribution in [0.3, 0.4) is 0 Å². The molecule has 0 radical (unpaired) electrons. The lowest BCUT2D eigenvalue weighted by atomic mass is 10.2. The molecule has 106 valence electrons. The first-order valence-corrected chi connectivity index (χ1v) is 7.74. The quantitative estimate of drug-likeness (QED) is 0.857. The molecule has 20 heavy (non-hydrogen) atoms. The van der Waals surface area contributed by atoms with E-state index in [4.69, 9.17) is 0 Å². The third-order valence-electron chi connectivity index (χ3n) is 3.05. The van der Waals surface area contributed by atoms with Crippen molar-refractivity contribution in [1.29, 1.82) is 0 Å². The van der Waals surface area contributed by atoms with Crippen molar-refractivity contribution in [3.05, 3.63) is 24.5 Å². The van der Waals surface area contributed by atoms with Gasteiger partial charge >= 0.3 is 0 Å². The Hall–Kier alpha value is -1.40. The number of hydrogen-bond donors (Lipinski definition) is 1. The summed E-state index contributed by atoms with van der Waals surface area (Å²) in [5, 5.41) is 19.4. The largest absolute Gasteiger partial charge is 0.390 e. The van der Waals surface area contributed by atoms with Crippen LogP contribution in [0.5, 0.6) is 0 Å². The van der Waals surface area contributed by atoms with Crippen LogP contribution in [0.15, 0.2) is 29.7 Å². The van der Waals surface area contributed by atoms with E-state index in [-0.39, 0.29) is 0 Å². The second-order valence-electron chi connectivity index (χ2n) is 5.75. The number of nitrogens with zero attached hydrogens (tertiary/aromatic N) is 4. The molecule has 0 aliphatic heterocycles. The van der Waals surface area contributed by atoms with Gasteiger partial charge in [-0.05, 0) is 38.8 Å². The highest BCUT2D eigenvalue weighted by molar-refractivity contribution is 7.99. The first-order valence-electron chi connectivity index (χ1n) is 6.75. The number of thioether (sulfide) groups is 1. The highest BCUT2D eigenvalue weighted by atomic mass is 32.2. The molecule has 0 amide bonds. The summed E-state index contributed by atoms with van der Waals surface area (Å²) in [4.78, 5) is 4.15. The van der Waals surface area contributed by atoms with E-state index >= 15 is 0 Å². The molecule has 3 rings (SSSR count). The molecule has 0 atom stereocenters. The molecule has 0 unspecified atom stereocenters. The van der Waals surface area contributed by atoms with E-state index in [1.54, 1.807) is 31.8 Å². The van der Waals surface area contributed by atoms with Crippen molar-refractivity contribution >= 4 is 11.8 Å². The molecule has 2 heterocycles. The van der Waals surface area contributed by atoms with Crippen molar-refractivity contribution in [2.45, 2.75) is 43.5 Å². The van der Waals surface area contributed by atoms with Crippen LogP contribution in [0.1, 0.15) is 32.7 Å². The summed E-state index contributed by atoms with van der Waals surface area (Å²) in [7, 11) is 0. The fraction of sp³-hybridized carbons (Fsp3) is 0.500. The third kappa shape index (κ3) is 3.02. The van der Waals surface area contributed by atoms with Crippen LogP contribution in [0.4, 0.5) is 0 Å². The van der Waals surface area contributed by atoms with Crippen LogP contribution in [-0.4, -0.2) is 36.2 Å². The predicted molar refractivity (Wildman–Crippen MR) is 78.5 cm³/mol. The molecule has 0 saturated heterocycles. The lowest BCUT2D eigenvalue weighted by Gasteiger charge is -2.16. The minimum Gasteiger partial charge on any atom is -0.390 e. The summed E-state index contributed by atoms with van der Waals surface area (Å²) in [6.45, 7) is 3.61. The van der Waals surface area contributed by atoms with Crippen LogP contribution in [0.2, 0.25) is 0 Å². The second kappa shape index (κ2) is 5.18. The van der Waals surface area contributed by atoms with Gasteiger partial charge in [-0.2, -0.15) is 0 Å². The molecule has 0 aromatic carbocycles. The van der Waals surface area contributed by atoms with Crippen LogP contribution in [0, 0.1) is 0 Å². The van der Waals surface area contributed by atoms with Gasteiger partial charge in [0, 0.05) is 29.8 Å². The van der Waals surface area contributed by atoms with Crippen molar-refractivity contribution in [1.82, 2.24) is 19.7 Å². The zero-order valence-electron chi connectivity index (χ0n) is 11.7. The maximum absolute atomic E-state index is 9.86. The Balaban J connectivity index is 1.91. The molecule has 1 aliphatic carbocycles. The molecule has 1 N–H and O–H groups in total. The lowest BCUT2D eigenvalue weighted by Crippen LogP contribution is -2.22. The summed E-state index contributed by atoms with van der Waals surface area (Å²) >= 11 is 1.56. The number of pyridine rings is 1. The van der Waals surface area contributed by atoms with E-state index in [9.17, 15) is 5.11 Å². The zero-order valence-corrected chi connectivity index (χ0v) is 12.5. The van der Waals surface area contributed by atoms with E-state index in [0.29, 0.717) is 11.8 Å². The average Bonchev–Trinajstić information content (AvgIpc) is 3.16. The summed E-state index contributed by atoms with van der Waals surface area (Å²) < 4.78 is 2.19. The van der Waals surface area contributed by atoms with Gasteiger partial charge in [0.2, 0.25) is 0 Å². The van der Waals surface area contributed by atoms with Crippen molar-refractivity contribution < 1.29 is 5.11 Å². The van der Waals surface area contributed by atoms with Gasteiger partial charge in [0.1, 0.15) is 0 Å². The summed E-state index contributed by atoms with van der Waals surface area (Å²) in [5.41, 5.74) is 0.279. The number of hydrogen-bond acceptors (Lipinski definition) is 5. The van der Waals surface area contributed by atoms with Gasteiger partial charge in [0.05, 0.1) is 5.60 Å². The summed E-state index contributed by atoms with van der Waals surface area (Å²) in [5.74, 6) is 1.48. The number of aromatic nitrogens is 4. The van der Waals surface area contributed by atoms with Gasteiger partial charge in [0.15, 0.2) is 11.0 Å². The van der Waals surface area contributed by atoms with Gasteiger partial charge in [-0.25, -0.2) is 0 Å². The molecule has 6 heteroatoms. The Morgan fingerprint density at radius 1 is 1.40 bits per heavy atom. The maximum Gasteiger partial charge on any atom is 0.191 e. The van der Waals surface area contributed by atoms with Gasteiger partial charge in [0.25, 0.3) is 0 Å². The monoisotopic (exact) mass is 290 g/mol. The predicted octanol–water partition coefficient (Wildman–Crippen LogP) is 2.54. The Morgan fingerprint density at radius 2 is 2.20 bits per heavy atom. The second-order valence-corrected chi connectivity index (χ2v) is 6.69. The van der Waals surface area contributed by atoms with E-state index in [0.717, 1.165) is 16.5 Å². The van der Waals surface area contributed by atoms with Crippen molar-refractivity contribution in [2.24, 2.45) is 0 Å². The van der Waals surface area contributed by atoms with E-state index in [1.165, 1.54) is 12.8 Å². The number of aliphatic hydroxyl groups is 1. The smallest absolute Gasteiger partial charge is 0.191 e.